The van der Waals surface area contributed by atoms with Crippen LogP contribution in [0.1, 0.15) is 78.7 Å². The highest BCUT2D eigenvalue weighted by molar-refractivity contribution is 6.74. The maximum Gasteiger partial charge on any atom is 0.192 e. The Morgan fingerprint density at radius 1 is 1.09 bits per heavy atom. The molecule has 4 heteroatoms. The molecule has 0 saturated heterocycles. The maximum absolute atomic E-state index is 11.7. The molecule has 190 valence electrons. The second-order valence-corrected chi connectivity index (χ2v) is 18.1. The van der Waals surface area contributed by atoms with Crippen LogP contribution in [0, 0.1) is 22.7 Å². The van der Waals surface area contributed by atoms with E-state index in [1.807, 2.05) is 6.07 Å². The van der Waals surface area contributed by atoms with Gasteiger partial charge in [-0.3, -0.25) is 0 Å². The Bertz CT molecular complexity index is 873. The largest absolute Gasteiger partial charge is 0.413 e. The molecule has 3 nitrogen and oxygen atoms in total. The van der Waals surface area contributed by atoms with E-state index in [2.05, 4.69) is 78.1 Å². The second kappa shape index (κ2) is 9.50. The molecule has 0 bridgehead atoms. The Balaban J connectivity index is 1.65. The molecule has 3 aliphatic rings. The fraction of sp³-hybridized carbons (Fsp3) is 0.733. The van der Waals surface area contributed by atoms with Crippen LogP contribution in [0.25, 0.3) is 0 Å². The van der Waals surface area contributed by atoms with Gasteiger partial charge in [0.05, 0.1) is 25.4 Å². The molecule has 1 aromatic rings. The fourth-order valence-electron chi connectivity index (χ4n) is 7.01. The molecule has 6 atom stereocenters. The highest BCUT2D eigenvalue weighted by Gasteiger charge is 2.63. The Kier molecular flexibility index (Phi) is 7.30. The molecular formula is C30H48O3Si. The number of rotatable bonds is 6. The van der Waals surface area contributed by atoms with Gasteiger partial charge in [0.25, 0.3) is 0 Å². The molecule has 0 heterocycles. The third kappa shape index (κ3) is 4.60. The van der Waals surface area contributed by atoms with Crippen molar-refractivity contribution in [3.63, 3.8) is 0 Å². The lowest BCUT2D eigenvalue weighted by atomic mass is 9.45. The van der Waals surface area contributed by atoms with E-state index in [-0.39, 0.29) is 22.0 Å². The number of aliphatic hydroxyl groups is 1. The smallest absolute Gasteiger partial charge is 0.192 e. The Morgan fingerprint density at radius 2 is 1.79 bits per heavy atom. The number of benzene rings is 1. The first-order chi connectivity index (χ1) is 15.9. The molecule has 0 spiro atoms. The summed E-state index contributed by atoms with van der Waals surface area (Å²) in [6.07, 6.45) is 9.08. The summed E-state index contributed by atoms with van der Waals surface area (Å²) < 4.78 is 13.6. The van der Waals surface area contributed by atoms with Gasteiger partial charge in [0.15, 0.2) is 8.32 Å². The summed E-state index contributed by atoms with van der Waals surface area (Å²) in [5, 5.41) is 11.8. The molecule has 4 rings (SSSR count). The zero-order valence-electron chi connectivity index (χ0n) is 22.7. The molecule has 0 unspecified atom stereocenters. The Morgan fingerprint density at radius 3 is 2.47 bits per heavy atom. The quantitative estimate of drug-likeness (QED) is 0.335. The van der Waals surface area contributed by atoms with Crippen molar-refractivity contribution in [3.8, 4) is 0 Å². The lowest BCUT2D eigenvalue weighted by Crippen LogP contribution is -2.65. The van der Waals surface area contributed by atoms with E-state index in [4.69, 9.17) is 9.16 Å². The SMILES string of the molecule is CC(C)(C)[Si](C)(C)O[C@@H]1C[C@H](O)[C@@](C)(COCc2ccccc2)[C@@H]2CC=C3CCCC[C@@H]3[C@@]12C. The van der Waals surface area contributed by atoms with Gasteiger partial charge in [0, 0.05) is 10.8 Å². The fourth-order valence-corrected chi connectivity index (χ4v) is 8.43. The lowest BCUT2D eigenvalue weighted by molar-refractivity contribution is -0.201. The van der Waals surface area contributed by atoms with E-state index in [1.54, 1.807) is 5.57 Å². The van der Waals surface area contributed by atoms with E-state index < -0.39 is 14.4 Å². The average molecular weight is 485 g/mol. The zero-order chi connectivity index (χ0) is 24.8. The minimum Gasteiger partial charge on any atom is -0.413 e. The van der Waals surface area contributed by atoms with Crippen molar-refractivity contribution < 1.29 is 14.3 Å². The van der Waals surface area contributed by atoms with Gasteiger partial charge in [-0.1, -0.05) is 83.0 Å². The van der Waals surface area contributed by atoms with Crippen molar-refractivity contribution in [2.75, 3.05) is 6.61 Å². The van der Waals surface area contributed by atoms with Gasteiger partial charge in [-0.25, -0.2) is 0 Å². The average Bonchev–Trinajstić information content (AvgIpc) is 2.78. The van der Waals surface area contributed by atoms with Crippen molar-refractivity contribution in [1.82, 2.24) is 0 Å². The summed E-state index contributed by atoms with van der Waals surface area (Å²) in [7, 11) is -1.98. The summed E-state index contributed by atoms with van der Waals surface area (Å²) in [5.74, 6) is 0.914. The van der Waals surface area contributed by atoms with Gasteiger partial charge in [-0.15, -0.1) is 0 Å². The zero-order valence-corrected chi connectivity index (χ0v) is 23.7. The second-order valence-electron chi connectivity index (χ2n) is 13.3. The molecule has 1 N–H and O–H groups in total. The van der Waals surface area contributed by atoms with Crippen LogP contribution in [0.15, 0.2) is 42.0 Å². The third-order valence-electron chi connectivity index (χ3n) is 10.2. The number of aliphatic hydroxyl groups excluding tert-OH is 1. The monoisotopic (exact) mass is 484 g/mol. The predicted octanol–water partition coefficient (Wildman–Crippen LogP) is 7.51. The topological polar surface area (TPSA) is 38.7 Å². The van der Waals surface area contributed by atoms with Gasteiger partial charge in [-0.05, 0) is 67.6 Å². The van der Waals surface area contributed by atoms with E-state index in [0.717, 1.165) is 6.42 Å². The number of hydrogen-bond donors (Lipinski definition) is 1. The van der Waals surface area contributed by atoms with Crippen LogP contribution in [0.2, 0.25) is 18.1 Å². The van der Waals surface area contributed by atoms with Crippen LogP contribution in [0.4, 0.5) is 0 Å². The van der Waals surface area contributed by atoms with Gasteiger partial charge >= 0.3 is 0 Å². The molecule has 1 aromatic carbocycles. The molecule has 0 radical (unpaired) electrons. The minimum atomic E-state index is -1.98. The van der Waals surface area contributed by atoms with Crippen LogP contribution in [0.5, 0.6) is 0 Å². The summed E-state index contributed by atoms with van der Waals surface area (Å²) in [5.41, 5.74) is 2.61. The molecule has 3 aliphatic carbocycles. The Labute approximate surface area is 209 Å². The molecular weight excluding hydrogens is 436 g/mol. The molecule has 2 saturated carbocycles. The minimum absolute atomic E-state index is 0.0319. The molecule has 0 amide bonds. The third-order valence-corrected chi connectivity index (χ3v) is 14.7. The predicted molar refractivity (Wildman–Crippen MR) is 143 cm³/mol. The summed E-state index contributed by atoms with van der Waals surface area (Å²) in [6.45, 7) is 17.7. The molecule has 0 aromatic heterocycles. The van der Waals surface area contributed by atoms with Crippen molar-refractivity contribution in [2.24, 2.45) is 22.7 Å². The molecule has 34 heavy (non-hydrogen) atoms. The number of hydrogen-bond acceptors (Lipinski definition) is 3. The lowest BCUT2D eigenvalue weighted by Gasteiger charge is -2.64. The van der Waals surface area contributed by atoms with E-state index in [1.165, 1.54) is 31.2 Å². The van der Waals surface area contributed by atoms with Crippen molar-refractivity contribution in [2.45, 2.75) is 110 Å². The number of ether oxygens (including phenoxy) is 1. The summed E-state index contributed by atoms with van der Waals surface area (Å²) >= 11 is 0. The van der Waals surface area contributed by atoms with E-state index >= 15 is 0 Å². The first kappa shape index (κ1) is 26.1. The van der Waals surface area contributed by atoms with Crippen LogP contribution in [-0.4, -0.2) is 32.2 Å². The van der Waals surface area contributed by atoms with Crippen LogP contribution >= 0.6 is 0 Å². The first-order valence-corrected chi connectivity index (χ1v) is 16.5. The standard InChI is InChI=1S/C30H48O3Si/c1-28(2,3)34(6,7)33-27-19-26(31)29(4,21-32-20-22-13-9-8-10-14-22)25-18-17-23-15-11-12-16-24(23)30(25,27)5/h8-10,13-14,17,24-27,31H,11-12,15-16,18-21H2,1-7H3/t24-,25-,26-,27+,29-,30+/m0/s1. The van der Waals surface area contributed by atoms with E-state index in [9.17, 15) is 5.11 Å². The molecule has 2 fully saturated rings. The first-order valence-electron chi connectivity index (χ1n) is 13.6. The van der Waals surface area contributed by atoms with E-state index in [0.29, 0.717) is 31.5 Å². The number of allylic oxidation sites excluding steroid dienone is 2. The van der Waals surface area contributed by atoms with Crippen molar-refractivity contribution >= 4 is 8.32 Å². The Hall–Kier alpha value is -0.943. The molecule has 0 aliphatic heterocycles. The highest BCUT2D eigenvalue weighted by Crippen LogP contribution is 2.63. The van der Waals surface area contributed by atoms with Gasteiger partial charge in [0.2, 0.25) is 0 Å². The van der Waals surface area contributed by atoms with Crippen molar-refractivity contribution in [3.05, 3.63) is 47.5 Å². The van der Waals surface area contributed by atoms with Gasteiger partial charge in [0.1, 0.15) is 0 Å². The van der Waals surface area contributed by atoms with Gasteiger partial charge in [-0.2, -0.15) is 0 Å². The van der Waals surface area contributed by atoms with Crippen LogP contribution in [-0.2, 0) is 15.8 Å². The maximum atomic E-state index is 11.7. The summed E-state index contributed by atoms with van der Waals surface area (Å²) in [6, 6.07) is 10.4. The van der Waals surface area contributed by atoms with Crippen LogP contribution in [0.3, 0.4) is 0 Å². The number of fused-ring (bicyclic) bond motifs is 3. The van der Waals surface area contributed by atoms with Crippen molar-refractivity contribution in [1.29, 1.82) is 0 Å². The normalized spacial score (nSPS) is 36.4. The van der Waals surface area contributed by atoms with Gasteiger partial charge < -0.3 is 14.3 Å². The summed E-state index contributed by atoms with van der Waals surface area (Å²) in [4.78, 5) is 0. The highest BCUT2D eigenvalue weighted by atomic mass is 28.4. The van der Waals surface area contributed by atoms with Crippen LogP contribution < -0.4 is 0 Å².